The number of nitrogens with zero attached hydrogens (tertiary/aromatic N) is 2. The van der Waals surface area contributed by atoms with Crippen molar-refractivity contribution >= 4 is 17.8 Å². The van der Waals surface area contributed by atoms with Gasteiger partial charge in [0.15, 0.2) is 0 Å². The van der Waals surface area contributed by atoms with Crippen LogP contribution < -0.4 is 5.32 Å². The van der Waals surface area contributed by atoms with E-state index >= 15 is 0 Å². The van der Waals surface area contributed by atoms with E-state index in [4.69, 9.17) is 9.52 Å². The molecule has 2 N–H and O–H groups in total. The van der Waals surface area contributed by atoms with Crippen molar-refractivity contribution in [3.63, 3.8) is 0 Å². The summed E-state index contributed by atoms with van der Waals surface area (Å²) < 4.78 is 9.84. The minimum absolute atomic E-state index is 0.0654. The number of nitrogens with one attached hydrogen (secondary N) is 1. The molecule has 0 spiro atoms. The number of hydrogen-bond donors (Lipinski definition) is 2. The zero-order chi connectivity index (χ0) is 15.4. The van der Waals surface area contributed by atoms with Gasteiger partial charge in [0.25, 0.3) is 0 Å². The SMILES string of the molecule is COC(=O)c1nccc(NCc2cc(C(=O)O)c(C)o2)n1. The molecule has 8 nitrogen and oxygen atoms in total. The summed E-state index contributed by atoms with van der Waals surface area (Å²) >= 11 is 0. The highest BCUT2D eigenvalue weighted by Gasteiger charge is 2.14. The van der Waals surface area contributed by atoms with Gasteiger partial charge >= 0.3 is 11.9 Å². The van der Waals surface area contributed by atoms with Crippen LogP contribution in [0.4, 0.5) is 5.82 Å². The quantitative estimate of drug-likeness (QED) is 0.796. The average molecular weight is 291 g/mol. The van der Waals surface area contributed by atoms with E-state index in [1.807, 2.05) is 0 Å². The Hall–Kier alpha value is -2.90. The van der Waals surface area contributed by atoms with Crippen molar-refractivity contribution in [2.24, 2.45) is 0 Å². The topological polar surface area (TPSA) is 115 Å². The molecule has 0 saturated heterocycles. The van der Waals surface area contributed by atoms with Crippen LogP contribution in [0.15, 0.2) is 22.7 Å². The Balaban J connectivity index is 2.08. The number of carboxylic acid groups (broad SMARTS) is 1. The molecule has 8 heteroatoms. The number of rotatable bonds is 5. The van der Waals surface area contributed by atoms with Gasteiger partial charge < -0.3 is 19.6 Å². The van der Waals surface area contributed by atoms with E-state index in [-0.39, 0.29) is 17.9 Å². The molecule has 0 bridgehead atoms. The molecule has 0 aliphatic rings. The normalized spacial score (nSPS) is 10.2. The fourth-order valence-electron chi connectivity index (χ4n) is 1.67. The first-order chi connectivity index (χ1) is 10.0. The molecule has 2 aromatic rings. The standard InChI is InChI=1S/C13H13N3O5/c1-7-9(12(17)18)5-8(21-7)6-15-10-3-4-14-11(16-10)13(19)20-2/h3-5H,6H2,1-2H3,(H,17,18)(H,14,15,16). The third kappa shape index (κ3) is 3.35. The van der Waals surface area contributed by atoms with Crippen molar-refractivity contribution in [2.75, 3.05) is 12.4 Å². The number of carbonyl (C=O) groups excluding carboxylic acids is 1. The smallest absolute Gasteiger partial charge is 0.376 e. The molecular formula is C13H13N3O5. The molecule has 110 valence electrons. The molecule has 0 saturated carbocycles. The summed E-state index contributed by atoms with van der Waals surface area (Å²) in [6.45, 7) is 1.80. The molecule has 0 aliphatic heterocycles. The lowest BCUT2D eigenvalue weighted by Crippen LogP contribution is -2.09. The zero-order valence-corrected chi connectivity index (χ0v) is 11.4. The van der Waals surface area contributed by atoms with Gasteiger partial charge in [0.1, 0.15) is 22.9 Å². The van der Waals surface area contributed by atoms with Crippen molar-refractivity contribution in [1.29, 1.82) is 0 Å². The van der Waals surface area contributed by atoms with Crippen LogP contribution in [0.2, 0.25) is 0 Å². The van der Waals surface area contributed by atoms with Crippen molar-refractivity contribution in [3.8, 4) is 0 Å². The summed E-state index contributed by atoms with van der Waals surface area (Å²) in [7, 11) is 1.24. The fourth-order valence-corrected chi connectivity index (χ4v) is 1.67. The lowest BCUT2D eigenvalue weighted by Gasteiger charge is -2.04. The van der Waals surface area contributed by atoms with E-state index in [2.05, 4.69) is 20.0 Å². The Kier molecular flexibility index (Phi) is 4.17. The summed E-state index contributed by atoms with van der Waals surface area (Å²) in [6.07, 6.45) is 1.41. The number of carbonyl (C=O) groups is 2. The van der Waals surface area contributed by atoms with Gasteiger partial charge in [0.2, 0.25) is 5.82 Å². The second-order valence-corrected chi connectivity index (χ2v) is 4.10. The summed E-state index contributed by atoms with van der Waals surface area (Å²) in [5, 5.41) is 11.9. The molecule has 2 aromatic heterocycles. The summed E-state index contributed by atoms with van der Waals surface area (Å²) in [6, 6.07) is 3.01. The number of anilines is 1. The lowest BCUT2D eigenvalue weighted by atomic mass is 10.2. The Morgan fingerprint density at radius 2 is 2.24 bits per heavy atom. The highest BCUT2D eigenvalue weighted by molar-refractivity contribution is 5.88. The maximum Gasteiger partial charge on any atom is 0.376 e. The van der Waals surface area contributed by atoms with Gasteiger partial charge in [0.05, 0.1) is 13.7 Å². The van der Waals surface area contributed by atoms with Crippen LogP contribution in [0, 0.1) is 6.92 Å². The first-order valence-corrected chi connectivity index (χ1v) is 5.99. The molecule has 0 unspecified atom stereocenters. The Morgan fingerprint density at radius 3 is 2.86 bits per heavy atom. The highest BCUT2D eigenvalue weighted by atomic mass is 16.5. The van der Waals surface area contributed by atoms with Crippen LogP contribution >= 0.6 is 0 Å². The third-order valence-corrected chi connectivity index (χ3v) is 2.67. The molecule has 21 heavy (non-hydrogen) atoms. The maximum absolute atomic E-state index is 11.3. The van der Waals surface area contributed by atoms with Crippen LogP contribution in [0.3, 0.4) is 0 Å². The Morgan fingerprint density at radius 1 is 1.48 bits per heavy atom. The number of aromatic nitrogens is 2. The highest BCUT2D eigenvalue weighted by Crippen LogP contribution is 2.15. The number of furan rings is 1. The van der Waals surface area contributed by atoms with Gasteiger partial charge in [-0.05, 0) is 19.1 Å². The van der Waals surface area contributed by atoms with Crippen LogP contribution in [0.1, 0.15) is 32.5 Å². The number of ether oxygens (including phenoxy) is 1. The van der Waals surface area contributed by atoms with Crippen molar-refractivity contribution in [2.45, 2.75) is 13.5 Å². The molecule has 0 aromatic carbocycles. The van der Waals surface area contributed by atoms with Gasteiger partial charge in [-0.15, -0.1) is 0 Å². The van der Waals surface area contributed by atoms with Crippen LogP contribution in [0.5, 0.6) is 0 Å². The van der Waals surface area contributed by atoms with Crippen molar-refractivity contribution < 1.29 is 23.8 Å². The van der Waals surface area contributed by atoms with E-state index in [1.165, 1.54) is 19.4 Å². The maximum atomic E-state index is 11.3. The molecule has 0 atom stereocenters. The van der Waals surface area contributed by atoms with E-state index in [1.54, 1.807) is 13.0 Å². The van der Waals surface area contributed by atoms with Crippen molar-refractivity contribution in [3.05, 3.63) is 41.2 Å². The molecule has 0 aliphatic carbocycles. The first-order valence-electron chi connectivity index (χ1n) is 5.99. The minimum Gasteiger partial charge on any atom is -0.478 e. The predicted octanol–water partition coefficient (Wildman–Crippen LogP) is 1.47. The van der Waals surface area contributed by atoms with Crippen molar-refractivity contribution in [1.82, 2.24) is 9.97 Å². The van der Waals surface area contributed by atoms with Gasteiger partial charge in [0, 0.05) is 6.20 Å². The largest absolute Gasteiger partial charge is 0.478 e. The molecule has 0 amide bonds. The number of methoxy groups -OCH3 is 1. The number of aryl methyl sites for hydroxylation is 1. The van der Waals surface area contributed by atoms with E-state index in [0.29, 0.717) is 17.3 Å². The number of carboxylic acids is 1. The van der Waals surface area contributed by atoms with Gasteiger partial charge in [-0.1, -0.05) is 0 Å². The predicted molar refractivity (Wildman–Crippen MR) is 71.1 cm³/mol. The number of aromatic carboxylic acids is 1. The summed E-state index contributed by atoms with van der Waals surface area (Å²) in [5.74, 6) is -0.570. The molecular weight excluding hydrogens is 278 g/mol. The van der Waals surface area contributed by atoms with E-state index in [9.17, 15) is 9.59 Å². The summed E-state index contributed by atoms with van der Waals surface area (Å²) in [4.78, 5) is 30.0. The second kappa shape index (κ2) is 6.04. The molecule has 2 rings (SSSR count). The zero-order valence-electron chi connectivity index (χ0n) is 11.4. The first kappa shape index (κ1) is 14.5. The number of esters is 1. The Bertz CT molecular complexity index is 680. The Labute approximate surface area is 119 Å². The molecule has 0 fully saturated rings. The fraction of sp³-hybridized carbons (Fsp3) is 0.231. The van der Waals surface area contributed by atoms with Gasteiger partial charge in [-0.2, -0.15) is 0 Å². The van der Waals surface area contributed by atoms with Crippen LogP contribution in [-0.2, 0) is 11.3 Å². The minimum atomic E-state index is -1.04. The van der Waals surface area contributed by atoms with Crippen LogP contribution in [0.25, 0.3) is 0 Å². The van der Waals surface area contributed by atoms with Gasteiger partial charge in [-0.3, -0.25) is 0 Å². The summed E-state index contributed by atoms with van der Waals surface area (Å²) in [5.41, 5.74) is 0.115. The molecule has 0 radical (unpaired) electrons. The second-order valence-electron chi connectivity index (χ2n) is 4.10. The van der Waals surface area contributed by atoms with Gasteiger partial charge in [-0.25, -0.2) is 19.6 Å². The number of hydrogen-bond acceptors (Lipinski definition) is 7. The average Bonchev–Trinajstić information content (AvgIpc) is 2.86. The molecule has 2 heterocycles. The van der Waals surface area contributed by atoms with Crippen LogP contribution in [-0.4, -0.2) is 34.1 Å². The lowest BCUT2D eigenvalue weighted by molar-refractivity contribution is 0.0586. The van der Waals surface area contributed by atoms with E-state index in [0.717, 1.165) is 0 Å². The monoisotopic (exact) mass is 291 g/mol. The van der Waals surface area contributed by atoms with E-state index < -0.39 is 11.9 Å². The third-order valence-electron chi connectivity index (χ3n) is 2.67.